The van der Waals surface area contributed by atoms with Crippen LogP contribution in [-0.4, -0.2) is 22.1 Å². The second-order valence-electron chi connectivity index (χ2n) is 5.99. The first-order chi connectivity index (χ1) is 13.0. The molecule has 1 aromatic heterocycles. The number of anilines is 3. The fourth-order valence-electron chi connectivity index (χ4n) is 2.32. The SMILES string of the molecule is Cc1ccc(NC(=O)Cc2nnc(NC(=O)Nc3ccccc3C)s2)cc1. The number of aromatic nitrogens is 2. The Bertz CT molecular complexity index is 953. The van der Waals surface area contributed by atoms with Gasteiger partial charge in [-0.05, 0) is 37.6 Å². The van der Waals surface area contributed by atoms with Gasteiger partial charge in [0.05, 0.1) is 6.42 Å². The Morgan fingerprint density at radius 1 is 0.926 bits per heavy atom. The quantitative estimate of drug-likeness (QED) is 0.623. The number of carbonyl (C=O) groups excluding carboxylic acids is 2. The van der Waals surface area contributed by atoms with E-state index in [1.54, 1.807) is 0 Å². The lowest BCUT2D eigenvalue weighted by Gasteiger charge is -2.07. The maximum Gasteiger partial charge on any atom is 0.325 e. The lowest BCUT2D eigenvalue weighted by molar-refractivity contribution is -0.115. The molecule has 0 aliphatic heterocycles. The van der Waals surface area contributed by atoms with E-state index >= 15 is 0 Å². The van der Waals surface area contributed by atoms with E-state index in [2.05, 4.69) is 26.1 Å². The second-order valence-corrected chi connectivity index (χ2v) is 7.05. The molecule has 2 aromatic carbocycles. The van der Waals surface area contributed by atoms with Crippen molar-refractivity contribution in [2.45, 2.75) is 20.3 Å². The van der Waals surface area contributed by atoms with Crippen LogP contribution in [0.4, 0.5) is 21.3 Å². The topological polar surface area (TPSA) is 96.0 Å². The third-order valence-corrected chi connectivity index (χ3v) is 4.57. The Hall–Kier alpha value is -3.26. The van der Waals surface area contributed by atoms with Gasteiger partial charge in [0.2, 0.25) is 11.0 Å². The monoisotopic (exact) mass is 381 g/mol. The number of carbonyl (C=O) groups is 2. The molecule has 0 saturated heterocycles. The van der Waals surface area contributed by atoms with Crippen LogP contribution in [0.25, 0.3) is 0 Å². The zero-order chi connectivity index (χ0) is 19.2. The Morgan fingerprint density at radius 2 is 1.67 bits per heavy atom. The highest BCUT2D eigenvalue weighted by Crippen LogP contribution is 2.18. The molecule has 3 rings (SSSR count). The van der Waals surface area contributed by atoms with Crippen LogP contribution in [0.2, 0.25) is 0 Å². The van der Waals surface area contributed by atoms with E-state index < -0.39 is 6.03 Å². The minimum atomic E-state index is -0.406. The van der Waals surface area contributed by atoms with Crippen molar-refractivity contribution < 1.29 is 9.59 Å². The van der Waals surface area contributed by atoms with Crippen molar-refractivity contribution in [2.24, 2.45) is 0 Å². The maximum atomic E-state index is 12.1. The summed E-state index contributed by atoms with van der Waals surface area (Å²) >= 11 is 1.16. The fraction of sp³-hybridized carbons (Fsp3) is 0.158. The van der Waals surface area contributed by atoms with Crippen molar-refractivity contribution in [1.29, 1.82) is 0 Å². The zero-order valence-electron chi connectivity index (χ0n) is 14.9. The van der Waals surface area contributed by atoms with Crippen molar-refractivity contribution in [3.8, 4) is 0 Å². The molecule has 8 heteroatoms. The lowest BCUT2D eigenvalue weighted by Crippen LogP contribution is -2.19. The number of urea groups is 1. The number of nitrogens with zero attached hydrogens (tertiary/aromatic N) is 2. The van der Waals surface area contributed by atoms with Crippen LogP contribution >= 0.6 is 11.3 Å². The first-order valence-electron chi connectivity index (χ1n) is 8.32. The summed E-state index contributed by atoms with van der Waals surface area (Å²) in [6, 6.07) is 14.6. The first kappa shape index (κ1) is 18.5. The van der Waals surface area contributed by atoms with E-state index in [1.807, 2.05) is 62.4 Å². The third kappa shape index (κ3) is 5.35. The van der Waals surface area contributed by atoms with Gasteiger partial charge in [0.15, 0.2) is 0 Å². The molecule has 3 aromatic rings. The first-order valence-corrected chi connectivity index (χ1v) is 9.14. The molecule has 0 atom stereocenters. The van der Waals surface area contributed by atoms with E-state index in [9.17, 15) is 9.59 Å². The normalized spacial score (nSPS) is 10.3. The molecule has 1 heterocycles. The molecule has 138 valence electrons. The molecule has 7 nitrogen and oxygen atoms in total. The molecular formula is C19H19N5O2S. The van der Waals surface area contributed by atoms with Crippen molar-refractivity contribution in [1.82, 2.24) is 10.2 Å². The molecule has 0 fully saturated rings. The largest absolute Gasteiger partial charge is 0.326 e. The Balaban J connectivity index is 1.53. The lowest BCUT2D eigenvalue weighted by atomic mass is 10.2. The highest BCUT2D eigenvalue weighted by Gasteiger charge is 2.12. The fourth-order valence-corrected chi connectivity index (χ4v) is 3.05. The van der Waals surface area contributed by atoms with Crippen LogP contribution in [-0.2, 0) is 11.2 Å². The van der Waals surface area contributed by atoms with Crippen LogP contribution < -0.4 is 16.0 Å². The number of rotatable bonds is 5. The van der Waals surface area contributed by atoms with Crippen molar-refractivity contribution in [2.75, 3.05) is 16.0 Å². The number of hydrogen-bond acceptors (Lipinski definition) is 5. The predicted molar refractivity (Wildman–Crippen MR) is 107 cm³/mol. The van der Waals surface area contributed by atoms with Gasteiger partial charge in [-0.15, -0.1) is 10.2 Å². The number of para-hydroxylation sites is 1. The number of benzene rings is 2. The van der Waals surface area contributed by atoms with Crippen LogP contribution in [0.15, 0.2) is 48.5 Å². The van der Waals surface area contributed by atoms with Gasteiger partial charge in [-0.2, -0.15) is 0 Å². The summed E-state index contributed by atoms with van der Waals surface area (Å²) in [5.74, 6) is -0.189. The van der Waals surface area contributed by atoms with Gasteiger partial charge < -0.3 is 10.6 Å². The van der Waals surface area contributed by atoms with Gasteiger partial charge >= 0.3 is 6.03 Å². The average molecular weight is 381 g/mol. The number of hydrogen-bond donors (Lipinski definition) is 3. The Kier molecular flexibility index (Phi) is 5.77. The van der Waals surface area contributed by atoms with E-state index in [-0.39, 0.29) is 12.3 Å². The molecule has 0 saturated carbocycles. The molecule has 27 heavy (non-hydrogen) atoms. The number of aryl methyl sites for hydroxylation is 2. The van der Waals surface area contributed by atoms with Gasteiger partial charge in [-0.3, -0.25) is 10.1 Å². The van der Waals surface area contributed by atoms with E-state index in [1.165, 1.54) is 0 Å². The molecule has 0 spiro atoms. The Labute approximate surface area is 160 Å². The summed E-state index contributed by atoms with van der Waals surface area (Å²) in [6.07, 6.45) is 0.0899. The molecule has 3 N–H and O–H groups in total. The summed E-state index contributed by atoms with van der Waals surface area (Å²) < 4.78 is 0. The van der Waals surface area contributed by atoms with Gasteiger partial charge in [-0.25, -0.2) is 4.79 Å². The number of nitrogens with one attached hydrogen (secondary N) is 3. The summed E-state index contributed by atoms with van der Waals surface area (Å²) in [4.78, 5) is 24.2. The van der Waals surface area contributed by atoms with Gasteiger partial charge in [0, 0.05) is 11.4 Å². The van der Waals surface area contributed by atoms with Crippen LogP contribution in [0.3, 0.4) is 0 Å². The van der Waals surface area contributed by atoms with E-state index in [0.717, 1.165) is 33.8 Å². The zero-order valence-corrected chi connectivity index (χ0v) is 15.8. The summed E-state index contributed by atoms with van der Waals surface area (Å²) in [6.45, 7) is 3.89. The van der Waals surface area contributed by atoms with Crippen LogP contribution in [0, 0.1) is 13.8 Å². The second kappa shape index (κ2) is 8.41. The van der Waals surface area contributed by atoms with Gasteiger partial charge in [-0.1, -0.05) is 47.2 Å². The standard InChI is InChI=1S/C19H19N5O2S/c1-12-7-9-14(10-8-12)20-16(25)11-17-23-24-19(27-17)22-18(26)21-15-6-4-3-5-13(15)2/h3-10H,11H2,1-2H3,(H,20,25)(H2,21,22,24,26). The smallest absolute Gasteiger partial charge is 0.325 e. The Morgan fingerprint density at radius 3 is 2.41 bits per heavy atom. The van der Waals surface area contributed by atoms with Crippen LogP contribution in [0.5, 0.6) is 0 Å². The predicted octanol–water partition coefficient (Wildman–Crippen LogP) is 3.98. The summed E-state index contributed by atoms with van der Waals surface area (Å²) in [5.41, 5.74) is 3.53. The maximum absolute atomic E-state index is 12.1. The molecule has 0 unspecified atom stereocenters. The summed E-state index contributed by atoms with van der Waals surface area (Å²) in [7, 11) is 0. The molecule has 0 aliphatic carbocycles. The van der Waals surface area contributed by atoms with Gasteiger partial charge in [0.1, 0.15) is 5.01 Å². The van der Waals surface area contributed by atoms with Crippen molar-refractivity contribution in [3.05, 3.63) is 64.7 Å². The van der Waals surface area contributed by atoms with E-state index in [0.29, 0.717) is 10.1 Å². The molecular weight excluding hydrogens is 362 g/mol. The van der Waals surface area contributed by atoms with Crippen LogP contribution in [0.1, 0.15) is 16.1 Å². The molecule has 3 amide bonds. The van der Waals surface area contributed by atoms with E-state index in [4.69, 9.17) is 0 Å². The van der Waals surface area contributed by atoms with Crippen molar-refractivity contribution >= 4 is 39.8 Å². The highest BCUT2D eigenvalue weighted by atomic mass is 32.1. The minimum absolute atomic E-state index is 0.0899. The summed E-state index contributed by atoms with van der Waals surface area (Å²) in [5, 5.41) is 16.9. The highest BCUT2D eigenvalue weighted by molar-refractivity contribution is 7.15. The molecule has 0 aliphatic rings. The van der Waals surface area contributed by atoms with Gasteiger partial charge in [0.25, 0.3) is 0 Å². The molecule has 0 radical (unpaired) electrons. The van der Waals surface area contributed by atoms with Crippen molar-refractivity contribution in [3.63, 3.8) is 0 Å². The average Bonchev–Trinajstić information content (AvgIpc) is 3.05. The molecule has 0 bridgehead atoms. The number of amides is 3. The third-order valence-electron chi connectivity index (χ3n) is 3.73. The minimum Gasteiger partial charge on any atom is -0.326 e.